The fourth-order valence-corrected chi connectivity index (χ4v) is 4.67. The van der Waals surface area contributed by atoms with Crippen molar-refractivity contribution in [2.45, 2.75) is 98.8 Å². The molecule has 198 valence electrons. The van der Waals surface area contributed by atoms with Crippen molar-refractivity contribution in [1.29, 1.82) is 0 Å². The highest BCUT2D eigenvalue weighted by molar-refractivity contribution is 7.09. The predicted molar refractivity (Wildman–Crippen MR) is 142 cm³/mol. The van der Waals surface area contributed by atoms with Gasteiger partial charge in [-0.1, -0.05) is 44.9 Å². The SMILES string of the molecule is CC(=CCC(N)C(C)=Cc1csc(C)n1)CCCC(C)C(O)C(C)C(=O)C(C)(C)C(O)CC(=O)O. The quantitative estimate of drug-likeness (QED) is 0.251. The Morgan fingerprint density at radius 2 is 1.86 bits per heavy atom. The highest BCUT2D eigenvalue weighted by Gasteiger charge is 2.41. The monoisotopic (exact) mass is 508 g/mol. The highest BCUT2D eigenvalue weighted by Crippen LogP contribution is 2.31. The molecule has 0 aliphatic carbocycles. The van der Waals surface area contributed by atoms with Crippen LogP contribution in [0.3, 0.4) is 0 Å². The molecule has 35 heavy (non-hydrogen) atoms. The highest BCUT2D eigenvalue weighted by atomic mass is 32.1. The minimum Gasteiger partial charge on any atom is -0.481 e. The lowest BCUT2D eigenvalue weighted by molar-refractivity contribution is -0.147. The zero-order valence-electron chi connectivity index (χ0n) is 22.2. The first-order chi connectivity index (χ1) is 16.2. The number of rotatable bonds is 15. The van der Waals surface area contributed by atoms with Crippen LogP contribution in [-0.2, 0) is 9.59 Å². The molecule has 0 saturated carbocycles. The van der Waals surface area contributed by atoms with Crippen LogP contribution in [0.25, 0.3) is 6.08 Å². The van der Waals surface area contributed by atoms with Crippen molar-refractivity contribution in [3.63, 3.8) is 0 Å². The van der Waals surface area contributed by atoms with Crippen LogP contribution in [0.1, 0.15) is 84.3 Å². The number of Topliss-reactive ketones (excluding diaryl/α,β-unsaturated/α-hetero) is 1. The molecule has 0 aromatic carbocycles. The van der Waals surface area contributed by atoms with Crippen LogP contribution in [0, 0.1) is 24.2 Å². The Hall–Kier alpha value is -1.87. The van der Waals surface area contributed by atoms with Gasteiger partial charge in [0, 0.05) is 17.3 Å². The van der Waals surface area contributed by atoms with E-state index in [0.717, 1.165) is 42.0 Å². The lowest BCUT2D eigenvalue weighted by Crippen LogP contribution is -2.45. The van der Waals surface area contributed by atoms with Gasteiger partial charge < -0.3 is 21.1 Å². The second-order valence-electron chi connectivity index (χ2n) is 10.4. The van der Waals surface area contributed by atoms with Crippen molar-refractivity contribution < 1.29 is 24.9 Å². The number of aromatic nitrogens is 1. The summed E-state index contributed by atoms with van der Waals surface area (Å²) in [5, 5.41) is 32.9. The number of carbonyl (C=O) groups is 2. The van der Waals surface area contributed by atoms with Crippen LogP contribution in [0.15, 0.2) is 22.6 Å². The van der Waals surface area contributed by atoms with E-state index in [0.29, 0.717) is 0 Å². The number of nitrogens with zero attached hydrogens (tertiary/aromatic N) is 1. The molecule has 1 aromatic heterocycles. The van der Waals surface area contributed by atoms with Crippen LogP contribution in [0.2, 0.25) is 0 Å². The Labute approximate surface area is 214 Å². The molecule has 1 aromatic rings. The van der Waals surface area contributed by atoms with Gasteiger partial charge in [0.15, 0.2) is 0 Å². The van der Waals surface area contributed by atoms with Gasteiger partial charge in [-0.25, -0.2) is 4.98 Å². The molecule has 5 atom stereocenters. The fraction of sp³-hybridized carbons (Fsp3) is 0.667. The number of nitrogens with two attached hydrogens (primary N) is 1. The lowest BCUT2D eigenvalue weighted by Gasteiger charge is -2.34. The number of hydrogen-bond acceptors (Lipinski definition) is 7. The lowest BCUT2D eigenvalue weighted by atomic mass is 9.73. The molecule has 5 N–H and O–H groups in total. The van der Waals surface area contributed by atoms with E-state index in [-0.39, 0.29) is 17.7 Å². The Kier molecular flexibility index (Phi) is 12.5. The van der Waals surface area contributed by atoms with Crippen LogP contribution >= 0.6 is 11.3 Å². The summed E-state index contributed by atoms with van der Waals surface area (Å²) in [5.41, 5.74) is 8.35. The van der Waals surface area contributed by atoms with E-state index in [1.165, 1.54) is 19.4 Å². The molecular formula is C27H44N2O5S. The van der Waals surface area contributed by atoms with Gasteiger partial charge in [-0.2, -0.15) is 0 Å². The minimum absolute atomic E-state index is 0.0700. The summed E-state index contributed by atoms with van der Waals surface area (Å²) in [7, 11) is 0. The maximum atomic E-state index is 12.9. The van der Waals surface area contributed by atoms with E-state index in [1.54, 1.807) is 18.3 Å². The van der Waals surface area contributed by atoms with E-state index in [4.69, 9.17) is 10.8 Å². The number of aliphatic hydroxyl groups is 2. The normalized spacial score (nSPS) is 17.5. The Bertz CT molecular complexity index is 905. The van der Waals surface area contributed by atoms with Gasteiger partial charge in [0.05, 0.1) is 34.7 Å². The molecule has 0 amide bonds. The Balaban J connectivity index is 2.54. The van der Waals surface area contributed by atoms with Crippen molar-refractivity contribution in [3.05, 3.63) is 33.3 Å². The third-order valence-electron chi connectivity index (χ3n) is 6.89. The molecule has 0 aliphatic rings. The summed E-state index contributed by atoms with van der Waals surface area (Å²) in [5.74, 6) is -2.30. The molecular weight excluding hydrogens is 464 g/mol. The van der Waals surface area contributed by atoms with E-state index in [1.807, 2.05) is 32.2 Å². The first kappa shape index (κ1) is 31.2. The summed E-state index contributed by atoms with van der Waals surface area (Å²) < 4.78 is 0. The molecule has 0 radical (unpaired) electrons. The number of ketones is 1. The standard InChI is InChI=1S/C27H44N2O5S/c1-16(11-12-22(28)18(3)13-21-15-35-20(5)29-21)9-8-10-17(2)25(33)19(4)26(34)27(6,7)23(30)14-24(31)32/h11,13,15,17,19,22-23,25,30,33H,8-10,12,14,28H2,1-7H3,(H,31,32). The molecule has 0 spiro atoms. The Morgan fingerprint density at radius 1 is 1.23 bits per heavy atom. The minimum atomic E-state index is -1.30. The number of thiazole rings is 1. The number of aliphatic carboxylic acids is 1. The van der Waals surface area contributed by atoms with Crippen molar-refractivity contribution in [2.75, 3.05) is 0 Å². The molecule has 0 fully saturated rings. The van der Waals surface area contributed by atoms with Gasteiger partial charge in [0.2, 0.25) is 0 Å². The molecule has 1 rings (SSSR count). The molecule has 0 bridgehead atoms. The maximum absolute atomic E-state index is 12.9. The maximum Gasteiger partial charge on any atom is 0.306 e. The average Bonchev–Trinajstić information content (AvgIpc) is 3.19. The number of carboxylic acids is 1. The average molecular weight is 509 g/mol. The second-order valence-corrected chi connectivity index (χ2v) is 11.5. The zero-order valence-corrected chi connectivity index (χ0v) is 23.1. The third kappa shape index (κ3) is 9.95. The van der Waals surface area contributed by atoms with Gasteiger partial charge in [-0.05, 0) is 58.4 Å². The molecule has 7 nitrogen and oxygen atoms in total. The van der Waals surface area contributed by atoms with Crippen molar-refractivity contribution >= 4 is 29.2 Å². The third-order valence-corrected chi connectivity index (χ3v) is 7.68. The van der Waals surface area contributed by atoms with Crippen LogP contribution < -0.4 is 5.73 Å². The smallest absolute Gasteiger partial charge is 0.306 e. The zero-order chi connectivity index (χ0) is 26.9. The molecule has 0 aliphatic heterocycles. The van der Waals surface area contributed by atoms with Crippen LogP contribution in [-0.4, -0.2) is 50.3 Å². The Morgan fingerprint density at radius 3 is 2.40 bits per heavy atom. The van der Waals surface area contributed by atoms with E-state index >= 15 is 0 Å². The van der Waals surface area contributed by atoms with Crippen LogP contribution in [0.4, 0.5) is 0 Å². The van der Waals surface area contributed by atoms with Gasteiger partial charge in [-0.3, -0.25) is 9.59 Å². The second kappa shape index (κ2) is 14.0. The van der Waals surface area contributed by atoms with E-state index in [9.17, 15) is 19.8 Å². The van der Waals surface area contributed by atoms with Crippen molar-refractivity contribution in [3.8, 4) is 0 Å². The van der Waals surface area contributed by atoms with Gasteiger partial charge in [0.1, 0.15) is 5.78 Å². The molecule has 5 unspecified atom stereocenters. The van der Waals surface area contributed by atoms with Gasteiger partial charge >= 0.3 is 5.97 Å². The number of aryl methyl sites for hydroxylation is 1. The number of carbonyl (C=O) groups excluding carboxylic acids is 1. The first-order valence-electron chi connectivity index (χ1n) is 12.3. The number of carboxylic acid groups (broad SMARTS) is 1. The van der Waals surface area contributed by atoms with Crippen molar-refractivity contribution in [1.82, 2.24) is 4.98 Å². The van der Waals surface area contributed by atoms with Gasteiger partial charge in [0.25, 0.3) is 0 Å². The largest absolute Gasteiger partial charge is 0.481 e. The molecule has 1 heterocycles. The summed E-state index contributed by atoms with van der Waals surface area (Å²) in [6.07, 6.45) is 4.76. The summed E-state index contributed by atoms with van der Waals surface area (Å²) in [4.78, 5) is 28.3. The fourth-order valence-electron chi connectivity index (χ4n) is 4.10. The van der Waals surface area contributed by atoms with E-state index < -0.39 is 35.9 Å². The van der Waals surface area contributed by atoms with E-state index in [2.05, 4.69) is 18.0 Å². The molecule has 8 heteroatoms. The van der Waals surface area contributed by atoms with Gasteiger partial charge in [-0.15, -0.1) is 11.3 Å². The van der Waals surface area contributed by atoms with Crippen LogP contribution in [0.5, 0.6) is 0 Å². The topological polar surface area (TPSA) is 134 Å². The summed E-state index contributed by atoms with van der Waals surface area (Å²) in [6, 6.07) is -0.0700. The number of allylic oxidation sites excluding steroid dienone is 1. The first-order valence-corrected chi connectivity index (χ1v) is 13.2. The summed E-state index contributed by atoms with van der Waals surface area (Å²) >= 11 is 1.62. The molecule has 0 saturated heterocycles. The number of aliphatic hydroxyl groups excluding tert-OH is 2. The number of hydrogen-bond donors (Lipinski definition) is 4. The summed E-state index contributed by atoms with van der Waals surface area (Å²) in [6.45, 7) is 12.7. The predicted octanol–water partition coefficient (Wildman–Crippen LogP) is 4.75. The van der Waals surface area contributed by atoms with Crippen molar-refractivity contribution in [2.24, 2.45) is 23.0 Å².